The minimum absolute atomic E-state index is 0.983. The van der Waals surface area contributed by atoms with Crippen LogP contribution in [-0.2, 0) is 0 Å². The third-order valence-electron chi connectivity index (χ3n) is 2.73. The molecule has 0 saturated heterocycles. The summed E-state index contributed by atoms with van der Waals surface area (Å²) in [5.41, 5.74) is 0. The number of unbranched alkanes of at least 4 members (excludes halogenated alkanes) is 7. The van der Waals surface area contributed by atoms with Crippen LogP contribution in [0.3, 0.4) is 0 Å². The van der Waals surface area contributed by atoms with Crippen LogP contribution < -0.4 is 0 Å². The van der Waals surface area contributed by atoms with Gasteiger partial charge in [0.2, 0.25) is 0 Å². The normalized spacial score (nSPS) is 8.88. The first-order valence-corrected chi connectivity index (χ1v) is 6.97. The number of rotatable bonds is 9. The van der Waals surface area contributed by atoms with Crippen LogP contribution in [-0.4, -0.2) is 11.4 Å². The van der Waals surface area contributed by atoms with Gasteiger partial charge in [0.25, 0.3) is 0 Å². The Morgan fingerprint density at radius 2 is 1.18 bits per heavy atom. The molecule has 17 heavy (non-hydrogen) atoms. The monoisotopic (exact) mass is 233 g/mol. The van der Waals surface area contributed by atoms with E-state index in [-0.39, 0.29) is 0 Å². The Hall–Kier alpha value is -1.08. The standard InChI is InChI=1S/C16H27N/c1-4-7-8-9-10-11-12-13-16-17(14-5-2)15-6-3/h4,7-13,16H2,1-3H3. The van der Waals surface area contributed by atoms with E-state index in [1.54, 1.807) is 0 Å². The van der Waals surface area contributed by atoms with Crippen LogP contribution in [0.2, 0.25) is 0 Å². The van der Waals surface area contributed by atoms with E-state index in [2.05, 4.69) is 30.9 Å². The average Bonchev–Trinajstić information content (AvgIpc) is 2.33. The summed E-state index contributed by atoms with van der Waals surface area (Å²) in [6.07, 6.45) is 10.8. The zero-order valence-electron chi connectivity index (χ0n) is 11.8. The predicted octanol–water partition coefficient (Wildman–Crippen LogP) is 4.39. The van der Waals surface area contributed by atoms with E-state index in [0.717, 1.165) is 6.54 Å². The topological polar surface area (TPSA) is 3.24 Å². The van der Waals surface area contributed by atoms with Crippen molar-refractivity contribution in [3.63, 3.8) is 0 Å². The third kappa shape index (κ3) is 11.2. The lowest BCUT2D eigenvalue weighted by atomic mass is 10.1. The molecule has 0 heterocycles. The van der Waals surface area contributed by atoms with Crippen LogP contribution in [0, 0.1) is 23.9 Å². The Balaban J connectivity index is 3.40. The molecule has 0 N–H and O–H groups in total. The van der Waals surface area contributed by atoms with E-state index in [4.69, 9.17) is 0 Å². The molecule has 0 aliphatic rings. The van der Waals surface area contributed by atoms with Gasteiger partial charge in [-0.25, -0.2) is 0 Å². The van der Waals surface area contributed by atoms with Gasteiger partial charge < -0.3 is 0 Å². The van der Waals surface area contributed by atoms with Crippen LogP contribution >= 0.6 is 0 Å². The zero-order valence-corrected chi connectivity index (χ0v) is 11.8. The van der Waals surface area contributed by atoms with E-state index in [9.17, 15) is 0 Å². The fraction of sp³-hybridized carbons (Fsp3) is 0.750. The molecule has 1 nitrogen and oxygen atoms in total. The maximum Gasteiger partial charge on any atom is 0.0400 e. The highest BCUT2D eigenvalue weighted by Gasteiger charge is 1.95. The summed E-state index contributed by atoms with van der Waals surface area (Å²) in [5, 5.41) is 0. The maximum absolute atomic E-state index is 3.01. The fourth-order valence-corrected chi connectivity index (χ4v) is 1.81. The van der Waals surface area contributed by atoms with Crippen LogP contribution in [0.15, 0.2) is 0 Å². The molecule has 0 unspecified atom stereocenters. The Kier molecular flexibility index (Phi) is 12.2. The summed E-state index contributed by atoms with van der Waals surface area (Å²) >= 11 is 0. The molecule has 0 aliphatic carbocycles. The van der Waals surface area contributed by atoms with Crippen molar-refractivity contribution in [1.82, 2.24) is 4.90 Å². The Morgan fingerprint density at radius 1 is 0.706 bits per heavy atom. The fourth-order valence-electron chi connectivity index (χ4n) is 1.81. The van der Waals surface area contributed by atoms with Gasteiger partial charge in [-0.05, 0) is 20.3 Å². The van der Waals surface area contributed by atoms with Gasteiger partial charge in [0.15, 0.2) is 0 Å². The first-order chi connectivity index (χ1) is 8.35. The van der Waals surface area contributed by atoms with E-state index in [1.165, 1.54) is 51.4 Å². The van der Waals surface area contributed by atoms with Crippen LogP contribution in [0.5, 0.6) is 0 Å². The highest BCUT2D eigenvalue weighted by molar-refractivity contribution is 5.07. The average molecular weight is 233 g/mol. The molecule has 96 valence electrons. The summed E-state index contributed by atoms with van der Waals surface area (Å²) in [6, 6.07) is 6.02. The van der Waals surface area contributed by atoms with Crippen molar-refractivity contribution in [2.45, 2.75) is 72.1 Å². The van der Waals surface area contributed by atoms with Crippen LogP contribution in [0.4, 0.5) is 0 Å². The summed E-state index contributed by atoms with van der Waals surface area (Å²) in [6.45, 7) is 6.96. The summed E-state index contributed by atoms with van der Waals surface area (Å²) in [4.78, 5) is 1.91. The van der Waals surface area contributed by atoms with Gasteiger partial charge in [-0.2, -0.15) is 0 Å². The number of hydrogen-bond donors (Lipinski definition) is 0. The Bertz CT molecular complexity index is 251. The molecule has 0 bridgehead atoms. The minimum atomic E-state index is 0.983. The molecule has 0 radical (unpaired) electrons. The second kappa shape index (κ2) is 13.0. The SMILES string of the molecule is CC#CN(C#CC)CCCCCCCCCC. The number of hydrogen-bond acceptors (Lipinski definition) is 1. The Labute approximate surface area is 108 Å². The Morgan fingerprint density at radius 3 is 1.65 bits per heavy atom. The van der Waals surface area contributed by atoms with Crippen molar-refractivity contribution in [2.75, 3.05) is 6.54 Å². The largest absolute Gasteiger partial charge is 0.260 e. The van der Waals surface area contributed by atoms with E-state index < -0.39 is 0 Å². The van der Waals surface area contributed by atoms with Gasteiger partial charge >= 0.3 is 0 Å². The molecule has 0 spiro atoms. The van der Waals surface area contributed by atoms with Gasteiger partial charge in [0, 0.05) is 18.6 Å². The van der Waals surface area contributed by atoms with Gasteiger partial charge in [0.05, 0.1) is 0 Å². The highest BCUT2D eigenvalue weighted by Crippen LogP contribution is 2.08. The molecule has 0 aromatic heterocycles. The van der Waals surface area contributed by atoms with Crippen molar-refractivity contribution >= 4 is 0 Å². The maximum atomic E-state index is 3.01. The van der Waals surface area contributed by atoms with Crippen molar-refractivity contribution in [1.29, 1.82) is 0 Å². The summed E-state index contributed by atoms with van der Waals surface area (Å²) in [7, 11) is 0. The molecule has 0 fully saturated rings. The van der Waals surface area contributed by atoms with Gasteiger partial charge in [0.1, 0.15) is 0 Å². The molecule has 0 aliphatic heterocycles. The molecule has 0 atom stereocenters. The predicted molar refractivity (Wildman–Crippen MR) is 76.2 cm³/mol. The molecular weight excluding hydrogens is 206 g/mol. The van der Waals surface area contributed by atoms with Crippen molar-refractivity contribution < 1.29 is 0 Å². The second-order valence-electron chi connectivity index (χ2n) is 4.35. The second-order valence-corrected chi connectivity index (χ2v) is 4.35. The lowest BCUT2D eigenvalue weighted by Gasteiger charge is -2.08. The van der Waals surface area contributed by atoms with Crippen molar-refractivity contribution in [2.24, 2.45) is 0 Å². The molecule has 1 heteroatoms. The van der Waals surface area contributed by atoms with E-state index in [0.29, 0.717) is 0 Å². The quantitative estimate of drug-likeness (QED) is 0.324. The molecule has 0 aromatic rings. The highest BCUT2D eigenvalue weighted by atomic mass is 15.1. The van der Waals surface area contributed by atoms with Crippen LogP contribution in [0.1, 0.15) is 72.1 Å². The first kappa shape index (κ1) is 15.9. The smallest absolute Gasteiger partial charge is 0.0400 e. The summed E-state index contributed by atoms with van der Waals surface area (Å²) < 4.78 is 0. The molecule has 0 saturated carbocycles. The van der Waals surface area contributed by atoms with Crippen LogP contribution in [0.25, 0.3) is 0 Å². The summed E-state index contributed by atoms with van der Waals surface area (Å²) in [5.74, 6) is 5.80. The van der Waals surface area contributed by atoms with E-state index >= 15 is 0 Å². The molecule has 0 amide bonds. The van der Waals surface area contributed by atoms with Gasteiger partial charge in [-0.3, -0.25) is 4.90 Å². The first-order valence-electron chi connectivity index (χ1n) is 6.97. The zero-order chi connectivity index (χ0) is 12.8. The minimum Gasteiger partial charge on any atom is -0.260 e. The van der Waals surface area contributed by atoms with Gasteiger partial charge in [-0.15, -0.1) is 0 Å². The molecule has 0 rings (SSSR count). The van der Waals surface area contributed by atoms with Crippen molar-refractivity contribution in [3.8, 4) is 23.9 Å². The third-order valence-corrected chi connectivity index (χ3v) is 2.73. The number of nitrogens with zero attached hydrogens (tertiary/aromatic N) is 1. The van der Waals surface area contributed by atoms with E-state index in [1.807, 2.05) is 18.7 Å². The lowest BCUT2D eigenvalue weighted by Crippen LogP contribution is -2.12. The molecule has 0 aromatic carbocycles. The molecular formula is C16H27N. The lowest BCUT2D eigenvalue weighted by molar-refractivity contribution is 0.499. The van der Waals surface area contributed by atoms with Gasteiger partial charge in [-0.1, -0.05) is 63.7 Å². The van der Waals surface area contributed by atoms with Crippen molar-refractivity contribution in [3.05, 3.63) is 0 Å².